The minimum absolute atomic E-state index is 0.0160. The van der Waals surface area contributed by atoms with Gasteiger partial charge < -0.3 is 10.6 Å². The van der Waals surface area contributed by atoms with Crippen LogP contribution in [0.2, 0.25) is 0 Å². The van der Waals surface area contributed by atoms with Crippen molar-refractivity contribution in [2.24, 2.45) is 0 Å². The van der Waals surface area contributed by atoms with Crippen LogP contribution in [-0.2, 0) is 4.79 Å². The standard InChI is InChI=1S/C16H24N2O/c1-2-15(13-7-4-3-5-8-13)16(19)18-12-10-14-9-6-11-17-14/h3-5,7-8,14-15,17H,2,6,9-12H2,1H3,(H,18,19). The third kappa shape index (κ3) is 4.06. The van der Waals surface area contributed by atoms with Gasteiger partial charge in [-0.1, -0.05) is 37.3 Å². The molecule has 1 aliphatic rings. The van der Waals surface area contributed by atoms with E-state index in [4.69, 9.17) is 0 Å². The summed E-state index contributed by atoms with van der Waals surface area (Å²) >= 11 is 0. The molecule has 1 aliphatic heterocycles. The Labute approximate surface area is 115 Å². The van der Waals surface area contributed by atoms with Crippen molar-refractivity contribution >= 4 is 5.91 Å². The second-order valence-corrected chi connectivity index (χ2v) is 5.24. The molecule has 1 aromatic rings. The zero-order chi connectivity index (χ0) is 13.5. The molecule has 3 nitrogen and oxygen atoms in total. The Bertz CT molecular complexity index is 385. The monoisotopic (exact) mass is 260 g/mol. The molecule has 0 aromatic heterocycles. The van der Waals surface area contributed by atoms with E-state index in [2.05, 4.69) is 17.6 Å². The Kier molecular flexibility index (Phi) is 5.40. The summed E-state index contributed by atoms with van der Waals surface area (Å²) < 4.78 is 0. The molecule has 1 aromatic carbocycles. The molecule has 104 valence electrons. The van der Waals surface area contributed by atoms with Crippen LogP contribution in [0.4, 0.5) is 0 Å². The van der Waals surface area contributed by atoms with Gasteiger partial charge in [-0.3, -0.25) is 4.79 Å². The largest absolute Gasteiger partial charge is 0.356 e. The SMILES string of the molecule is CCC(C(=O)NCCC1CCCN1)c1ccccc1. The Hall–Kier alpha value is -1.35. The van der Waals surface area contributed by atoms with Crippen molar-refractivity contribution < 1.29 is 4.79 Å². The fourth-order valence-electron chi connectivity index (χ4n) is 2.75. The molecule has 2 unspecified atom stereocenters. The van der Waals surface area contributed by atoms with E-state index in [1.54, 1.807) is 0 Å². The maximum Gasteiger partial charge on any atom is 0.227 e. The average Bonchev–Trinajstić information content (AvgIpc) is 2.94. The Morgan fingerprint density at radius 2 is 2.21 bits per heavy atom. The van der Waals surface area contributed by atoms with Gasteiger partial charge >= 0.3 is 0 Å². The molecule has 19 heavy (non-hydrogen) atoms. The first kappa shape index (κ1) is 14.1. The third-order valence-electron chi connectivity index (χ3n) is 3.88. The Morgan fingerprint density at radius 3 is 2.84 bits per heavy atom. The summed E-state index contributed by atoms with van der Waals surface area (Å²) in [6, 6.07) is 10.6. The van der Waals surface area contributed by atoms with Crippen molar-refractivity contribution in [2.75, 3.05) is 13.1 Å². The van der Waals surface area contributed by atoms with Gasteiger partial charge in [0.15, 0.2) is 0 Å². The zero-order valence-electron chi connectivity index (χ0n) is 11.7. The lowest BCUT2D eigenvalue weighted by Crippen LogP contribution is -2.33. The molecular formula is C16H24N2O. The number of carbonyl (C=O) groups is 1. The summed E-state index contributed by atoms with van der Waals surface area (Å²) in [5.74, 6) is 0.143. The zero-order valence-corrected chi connectivity index (χ0v) is 11.7. The van der Waals surface area contributed by atoms with Crippen molar-refractivity contribution in [3.8, 4) is 0 Å². The van der Waals surface area contributed by atoms with E-state index in [0.29, 0.717) is 6.04 Å². The van der Waals surface area contributed by atoms with Crippen molar-refractivity contribution in [3.05, 3.63) is 35.9 Å². The number of nitrogens with one attached hydrogen (secondary N) is 2. The normalized spacial score (nSPS) is 20.2. The van der Waals surface area contributed by atoms with E-state index in [1.807, 2.05) is 30.3 Å². The maximum absolute atomic E-state index is 12.2. The molecule has 0 spiro atoms. The molecule has 2 atom stereocenters. The van der Waals surface area contributed by atoms with E-state index in [1.165, 1.54) is 12.8 Å². The third-order valence-corrected chi connectivity index (χ3v) is 3.88. The van der Waals surface area contributed by atoms with E-state index in [9.17, 15) is 4.79 Å². The first-order chi connectivity index (χ1) is 9.31. The van der Waals surface area contributed by atoms with Crippen LogP contribution >= 0.6 is 0 Å². The highest BCUT2D eigenvalue weighted by atomic mass is 16.1. The predicted molar refractivity (Wildman–Crippen MR) is 78.1 cm³/mol. The van der Waals surface area contributed by atoms with Crippen LogP contribution in [0.3, 0.4) is 0 Å². The number of amides is 1. The summed E-state index contributed by atoms with van der Waals surface area (Å²) in [5.41, 5.74) is 1.11. The van der Waals surface area contributed by atoms with E-state index in [0.717, 1.165) is 31.5 Å². The van der Waals surface area contributed by atoms with Gasteiger partial charge in [-0.15, -0.1) is 0 Å². The molecule has 1 amide bonds. The molecule has 0 radical (unpaired) electrons. The molecule has 3 heteroatoms. The van der Waals surface area contributed by atoms with Gasteiger partial charge in [0.2, 0.25) is 5.91 Å². The molecule has 0 bridgehead atoms. The number of hydrogen-bond acceptors (Lipinski definition) is 2. The van der Waals surface area contributed by atoms with Crippen LogP contribution in [0, 0.1) is 0 Å². The summed E-state index contributed by atoms with van der Waals surface area (Å²) in [7, 11) is 0. The first-order valence-electron chi connectivity index (χ1n) is 7.37. The summed E-state index contributed by atoms with van der Waals surface area (Å²) in [6.07, 6.45) is 4.39. The molecule has 0 aliphatic carbocycles. The van der Waals surface area contributed by atoms with Crippen molar-refractivity contribution in [1.29, 1.82) is 0 Å². The quantitative estimate of drug-likeness (QED) is 0.825. The Balaban J connectivity index is 1.80. The van der Waals surface area contributed by atoms with Gasteiger partial charge in [-0.25, -0.2) is 0 Å². The van der Waals surface area contributed by atoms with E-state index in [-0.39, 0.29) is 11.8 Å². The first-order valence-corrected chi connectivity index (χ1v) is 7.37. The highest BCUT2D eigenvalue weighted by molar-refractivity contribution is 5.83. The molecule has 1 fully saturated rings. The fourth-order valence-corrected chi connectivity index (χ4v) is 2.75. The van der Waals surface area contributed by atoms with Crippen molar-refractivity contribution in [1.82, 2.24) is 10.6 Å². The maximum atomic E-state index is 12.2. The molecule has 1 saturated heterocycles. The molecular weight excluding hydrogens is 236 g/mol. The second-order valence-electron chi connectivity index (χ2n) is 5.24. The number of carbonyl (C=O) groups excluding carboxylic acids is 1. The van der Waals surface area contributed by atoms with E-state index < -0.39 is 0 Å². The van der Waals surface area contributed by atoms with E-state index >= 15 is 0 Å². The smallest absolute Gasteiger partial charge is 0.227 e. The van der Waals surface area contributed by atoms with Gasteiger partial charge in [0.05, 0.1) is 5.92 Å². The minimum atomic E-state index is -0.0160. The van der Waals surface area contributed by atoms with Gasteiger partial charge in [0, 0.05) is 12.6 Å². The summed E-state index contributed by atoms with van der Waals surface area (Å²) in [6.45, 7) is 3.97. The average molecular weight is 260 g/mol. The second kappa shape index (κ2) is 7.29. The lowest BCUT2D eigenvalue weighted by Gasteiger charge is -2.16. The van der Waals surface area contributed by atoms with Crippen LogP contribution in [0.15, 0.2) is 30.3 Å². The molecule has 2 N–H and O–H groups in total. The predicted octanol–water partition coefficient (Wildman–Crippen LogP) is 2.44. The number of hydrogen-bond donors (Lipinski definition) is 2. The minimum Gasteiger partial charge on any atom is -0.356 e. The van der Waals surface area contributed by atoms with Gasteiger partial charge in [-0.2, -0.15) is 0 Å². The van der Waals surface area contributed by atoms with Crippen LogP contribution in [0.25, 0.3) is 0 Å². The lowest BCUT2D eigenvalue weighted by molar-refractivity contribution is -0.122. The van der Waals surface area contributed by atoms with Crippen LogP contribution in [0.5, 0.6) is 0 Å². The van der Waals surface area contributed by atoms with Crippen molar-refractivity contribution in [2.45, 2.75) is 44.6 Å². The molecule has 0 saturated carbocycles. The van der Waals surface area contributed by atoms with Crippen LogP contribution in [0.1, 0.15) is 44.1 Å². The van der Waals surface area contributed by atoms with Crippen LogP contribution < -0.4 is 10.6 Å². The van der Waals surface area contributed by atoms with Crippen molar-refractivity contribution in [3.63, 3.8) is 0 Å². The molecule has 1 heterocycles. The fraction of sp³-hybridized carbons (Fsp3) is 0.562. The number of rotatable bonds is 6. The lowest BCUT2D eigenvalue weighted by atomic mass is 9.95. The van der Waals surface area contributed by atoms with Gasteiger partial charge in [0.1, 0.15) is 0 Å². The topological polar surface area (TPSA) is 41.1 Å². The number of benzene rings is 1. The van der Waals surface area contributed by atoms with Gasteiger partial charge in [-0.05, 0) is 37.8 Å². The van der Waals surface area contributed by atoms with Crippen LogP contribution in [-0.4, -0.2) is 25.0 Å². The molecule has 2 rings (SSSR count). The summed E-state index contributed by atoms with van der Waals surface area (Å²) in [5, 5.41) is 6.53. The highest BCUT2D eigenvalue weighted by Gasteiger charge is 2.19. The Morgan fingerprint density at radius 1 is 1.42 bits per heavy atom. The summed E-state index contributed by atoms with van der Waals surface area (Å²) in [4.78, 5) is 12.2. The van der Waals surface area contributed by atoms with Gasteiger partial charge in [0.25, 0.3) is 0 Å². The highest BCUT2D eigenvalue weighted by Crippen LogP contribution is 2.19.